The Balaban J connectivity index is 1.82. The molecule has 0 radical (unpaired) electrons. The van der Waals surface area contributed by atoms with Crippen molar-refractivity contribution in [3.63, 3.8) is 0 Å². The lowest BCUT2D eigenvalue weighted by molar-refractivity contribution is -0.275. The van der Waals surface area contributed by atoms with E-state index in [1.165, 1.54) is 0 Å². The van der Waals surface area contributed by atoms with Crippen molar-refractivity contribution >= 4 is 17.9 Å². The lowest BCUT2D eigenvalue weighted by atomic mass is 9.83. The summed E-state index contributed by atoms with van der Waals surface area (Å²) in [5, 5.41) is 0. The van der Waals surface area contributed by atoms with Crippen LogP contribution in [0.4, 0.5) is 0 Å². The summed E-state index contributed by atoms with van der Waals surface area (Å²) in [5.74, 6) is -1.42. The maximum Gasteiger partial charge on any atom is 0.306 e. The van der Waals surface area contributed by atoms with E-state index in [0.717, 1.165) is 16.7 Å². The van der Waals surface area contributed by atoms with Crippen LogP contribution in [0.25, 0.3) is 0 Å². The molecule has 0 spiro atoms. The van der Waals surface area contributed by atoms with Crippen molar-refractivity contribution < 1.29 is 42.8 Å². The van der Waals surface area contributed by atoms with Crippen molar-refractivity contribution in [3.05, 3.63) is 108 Å². The third kappa shape index (κ3) is 11.0. The highest BCUT2D eigenvalue weighted by molar-refractivity contribution is 5.71. The molecule has 0 heterocycles. The Kier molecular flexibility index (Phi) is 15.1. The smallest absolute Gasteiger partial charge is 0.306 e. The summed E-state index contributed by atoms with van der Waals surface area (Å²) in [4.78, 5) is 39.7. The van der Waals surface area contributed by atoms with Gasteiger partial charge in [0, 0.05) is 19.3 Å². The lowest BCUT2D eigenvalue weighted by Crippen LogP contribution is -2.68. The van der Waals surface area contributed by atoms with Gasteiger partial charge in [0.05, 0.1) is 19.8 Å². The molecule has 3 aromatic rings. The van der Waals surface area contributed by atoms with Gasteiger partial charge in [-0.2, -0.15) is 0 Å². The zero-order chi connectivity index (χ0) is 34.1. The number of rotatable bonds is 18. The van der Waals surface area contributed by atoms with Crippen LogP contribution >= 0.6 is 0 Å². The predicted molar refractivity (Wildman–Crippen MR) is 179 cm³/mol. The number of hydrogen-bond donors (Lipinski definition) is 0. The zero-order valence-corrected chi connectivity index (χ0v) is 28.2. The fourth-order valence-electron chi connectivity index (χ4n) is 5.64. The lowest BCUT2D eigenvalue weighted by Gasteiger charge is -2.48. The van der Waals surface area contributed by atoms with Crippen LogP contribution in [-0.4, -0.2) is 54.5 Å². The molecule has 0 bridgehead atoms. The van der Waals surface area contributed by atoms with E-state index in [1.54, 1.807) is 0 Å². The minimum atomic E-state index is -1.16. The van der Waals surface area contributed by atoms with E-state index in [2.05, 4.69) is 0 Å². The molecule has 0 unspecified atom stereocenters. The summed E-state index contributed by atoms with van der Waals surface area (Å²) < 4.78 is 38.2. The number of carbonyl (C=O) groups excluding carboxylic acids is 3. The van der Waals surface area contributed by atoms with Gasteiger partial charge in [-0.3, -0.25) is 14.4 Å². The summed E-state index contributed by atoms with van der Waals surface area (Å²) >= 11 is 0. The van der Waals surface area contributed by atoms with Crippen LogP contribution in [0.5, 0.6) is 0 Å². The quantitative estimate of drug-likeness (QED) is 0.106. The Morgan fingerprint density at radius 2 is 0.667 bits per heavy atom. The summed E-state index contributed by atoms with van der Waals surface area (Å²) in [5.41, 5.74) is 2.62. The first-order valence-corrected chi connectivity index (χ1v) is 17.0. The van der Waals surface area contributed by atoms with Gasteiger partial charge >= 0.3 is 17.9 Å². The highest BCUT2D eigenvalue weighted by atomic mass is 16.7. The third-order valence-electron chi connectivity index (χ3n) is 7.96. The molecule has 4 rings (SSSR count). The zero-order valence-electron chi connectivity index (χ0n) is 28.2. The van der Waals surface area contributed by atoms with Crippen molar-refractivity contribution in [2.45, 2.75) is 116 Å². The summed E-state index contributed by atoms with van der Waals surface area (Å²) in [6.45, 7) is 6.05. The third-order valence-corrected chi connectivity index (χ3v) is 7.96. The van der Waals surface area contributed by atoms with Crippen LogP contribution in [-0.2, 0) is 62.6 Å². The molecule has 1 saturated carbocycles. The number of carbonyl (C=O) groups is 3. The van der Waals surface area contributed by atoms with E-state index in [1.807, 2.05) is 112 Å². The van der Waals surface area contributed by atoms with Gasteiger partial charge < -0.3 is 28.4 Å². The number of hydrogen-bond acceptors (Lipinski definition) is 9. The molecule has 9 heteroatoms. The van der Waals surface area contributed by atoms with Crippen LogP contribution in [0.15, 0.2) is 91.0 Å². The maximum atomic E-state index is 13.2. The van der Waals surface area contributed by atoms with E-state index >= 15 is 0 Å². The Hall–Kier alpha value is -4.05. The van der Waals surface area contributed by atoms with Crippen molar-refractivity contribution in [1.82, 2.24) is 0 Å². The second kappa shape index (κ2) is 19.7. The minimum absolute atomic E-state index is 0.117. The van der Waals surface area contributed by atoms with Crippen LogP contribution in [0.3, 0.4) is 0 Å². The van der Waals surface area contributed by atoms with Gasteiger partial charge in [-0.05, 0) is 36.0 Å². The highest BCUT2D eigenvalue weighted by Gasteiger charge is 2.58. The minimum Gasteiger partial charge on any atom is -0.457 e. The van der Waals surface area contributed by atoms with Gasteiger partial charge in [-0.1, -0.05) is 112 Å². The van der Waals surface area contributed by atoms with E-state index in [0.29, 0.717) is 19.3 Å². The molecule has 48 heavy (non-hydrogen) atoms. The van der Waals surface area contributed by atoms with Crippen LogP contribution in [0, 0.1) is 0 Å². The standard InChI is InChI=1S/C39H48O9/c1-4-16-31(40)46-37-34(43-25-28-19-10-7-11-20-28)35(44-26-29-21-12-8-13-22-29)38(47-32(41)17-5-2)39(48-33(42)18-6-3)36(37)45-27-30-23-14-9-15-24-30/h7-15,19-24,34-39H,4-6,16-18,25-27H2,1-3H3/t34-,35-,36-,37+,38-,39+/m1/s1. The molecule has 0 aromatic heterocycles. The van der Waals surface area contributed by atoms with Gasteiger partial charge in [-0.25, -0.2) is 0 Å². The van der Waals surface area contributed by atoms with Crippen molar-refractivity contribution in [2.75, 3.05) is 0 Å². The second-order valence-corrected chi connectivity index (χ2v) is 11.9. The van der Waals surface area contributed by atoms with Crippen molar-refractivity contribution in [2.24, 2.45) is 0 Å². The van der Waals surface area contributed by atoms with E-state index in [4.69, 9.17) is 28.4 Å². The number of ether oxygens (including phenoxy) is 6. The van der Waals surface area contributed by atoms with Gasteiger partial charge in [0.1, 0.15) is 18.3 Å². The normalized spacial score (nSPS) is 22.1. The molecule has 1 aliphatic rings. The van der Waals surface area contributed by atoms with Gasteiger partial charge in [-0.15, -0.1) is 0 Å². The summed E-state index contributed by atoms with van der Waals surface area (Å²) in [6.07, 6.45) is -4.24. The molecule has 1 fully saturated rings. The average molecular weight is 661 g/mol. The number of benzene rings is 3. The van der Waals surface area contributed by atoms with Crippen LogP contribution in [0.2, 0.25) is 0 Å². The van der Waals surface area contributed by atoms with Gasteiger partial charge in [0.15, 0.2) is 18.3 Å². The Labute approximate surface area is 283 Å². The fourth-order valence-corrected chi connectivity index (χ4v) is 5.64. The molecule has 0 amide bonds. The molecule has 1 aliphatic carbocycles. The Morgan fingerprint density at radius 3 is 0.938 bits per heavy atom. The number of esters is 3. The summed E-state index contributed by atoms with van der Waals surface area (Å²) in [6, 6.07) is 28.7. The highest BCUT2D eigenvalue weighted by Crippen LogP contribution is 2.36. The van der Waals surface area contributed by atoms with E-state index in [9.17, 15) is 14.4 Å². The van der Waals surface area contributed by atoms with Crippen LogP contribution < -0.4 is 0 Å². The first-order valence-electron chi connectivity index (χ1n) is 17.0. The summed E-state index contributed by atoms with van der Waals surface area (Å²) in [7, 11) is 0. The van der Waals surface area contributed by atoms with E-state index < -0.39 is 54.5 Å². The maximum absolute atomic E-state index is 13.2. The molecule has 6 atom stereocenters. The molecule has 0 saturated heterocycles. The SMILES string of the molecule is CCCC(=O)O[C@H]1[C@H](OCc2ccccc2)[C@@H](OCc2ccccc2)[C@@H](OC(=O)CCC)[C@@H](OC(=O)CCC)[C@@H]1OCc1ccccc1. The van der Waals surface area contributed by atoms with Gasteiger partial charge in [0.2, 0.25) is 0 Å². The molecule has 9 nitrogen and oxygen atoms in total. The fraction of sp³-hybridized carbons (Fsp3) is 0.462. The average Bonchev–Trinajstić information content (AvgIpc) is 3.09. The van der Waals surface area contributed by atoms with Gasteiger partial charge in [0.25, 0.3) is 0 Å². The largest absolute Gasteiger partial charge is 0.457 e. The second-order valence-electron chi connectivity index (χ2n) is 11.9. The topological polar surface area (TPSA) is 107 Å². The van der Waals surface area contributed by atoms with Crippen molar-refractivity contribution in [1.29, 1.82) is 0 Å². The monoisotopic (exact) mass is 660 g/mol. The molecule has 258 valence electrons. The Morgan fingerprint density at radius 1 is 0.417 bits per heavy atom. The Bertz CT molecular complexity index is 1380. The molecular weight excluding hydrogens is 612 g/mol. The molecule has 0 N–H and O–H groups in total. The first-order chi connectivity index (χ1) is 23.4. The molecule has 0 aliphatic heterocycles. The first kappa shape index (κ1) is 36.8. The molecule has 3 aromatic carbocycles. The molecular formula is C39H48O9. The predicted octanol–water partition coefficient (Wildman–Crippen LogP) is 6.89. The van der Waals surface area contributed by atoms with E-state index in [-0.39, 0.29) is 39.1 Å². The van der Waals surface area contributed by atoms with Crippen molar-refractivity contribution in [3.8, 4) is 0 Å². The van der Waals surface area contributed by atoms with Crippen LogP contribution in [0.1, 0.15) is 76.0 Å².